The molecule has 0 saturated carbocycles. The van der Waals surface area contributed by atoms with Crippen molar-refractivity contribution in [3.8, 4) is 0 Å². The van der Waals surface area contributed by atoms with Crippen molar-refractivity contribution in [3.05, 3.63) is 59.1 Å². The highest BCUT2D eigenvalue weighted by Crippen LogP contribution is 2.15. The fourth-order valence-corrected chi connectivity index (χ4v) is 2.33. The molecule has 0 aliphatic heterocycles. The Balaban J connectivity index is 1.93. The summed E-state index contributed by atoms with van der Waals surface area (Å²) in [6.07, 6.45) is 0. The molecule has 0 unspecified atom stereocenters. The highest BCUT2D eigenvalue weighted by atomic mass is 35.5. The molecule has 0 spiro atoms. The number of amides is 2. The normalized spacial score (nSPS) is 10.9. The second-order valence-electron chi connectivity index (χ2n) is 6.70. The van der Waals surface area contributed by atoms with E-state index in [1.165, 1.54) is 0 Å². The fourth-order valence-electron chi connectivity index (χ4n) is 2.14. The zero-order chi connectivity index (χ0) is 18.4. The van der Waals surface area contributed by atoms with Crippen LogP contribution in [0.3, 0.4) is 0 Å². The Morgan fingerprint density at radius 1 is 1.00 bits per heavy atom. The SMILES string of the molecule is CC(C)(C)NC(=O)c1cccc(NCC(=O)Nc2cccc(Cl)c2)c1. The van der Waals surface area contributed by atoms with Gasteiger partial charge < -0.3 is 16.0 Å². The maximum Gasteiger partial charge on any atom is 0.251 e. The second-order valence-corrected chi connectivity index (χ2v) is 7.13. The molecule has 0 aliphatic carbocycles. The molecule has 2 rings (SSSR count). The molecule has 3 N–H and O–H groups in total. The summed E-state index contributed by atoms with van der Waals surface area (Å²) in [4.78, 5) is 24.2. The topological polar surface area (TPSA) is 70.2 Å². The fraction of sp³-hybridized carbons (Fsp3) is 0.263. The summed E-state index contributed by atoms with van der Waals surface area (Å²) in [5.41, 5.74) is 1.56. The Bertz CT molecular complexity index is 769. The third-order valence-electron chi connectivity index (χ3n) is 3.17. The van der Waals surface area contributed by atoms with Crippen molar-refractivity contribution in [2.45, 2.75) is 26.3 Å². The molecule has 0 radical (unpaired) electrons. The first-order valence-electron chi connectivity index (χ1n) is 7.95. The predicted octanol–water partition coefficient (Wildman–Crippen LogP) is 3.92. The molecule has 0 saturated heterocycles. The van der Waals surface area contributed by atoms with Gasteiger partial charge >= 0.3 is 0 Å². The summed E-state index contributed by atoms with van der Waals surface area (Å²) >= 11 is 5.89. The lowest BCUT2D eigenvalue weighted by molar-refractivity contribution is -0.114. The molecule has 0 aliphatic rings. The third kappa shape index (κ3) is 6.47. The Kier molecular flexibility index (Phi) is 6.04. The lowest BCUT2D eigenvalue weighted by Gasteiger charge is -2.20. The van der Waals surface area contributed by atoms with Gasteiger partial charge in [0, 0.05) is 27.5 Å². The zero-order valence-corrected chi connectivity index (χ0v) is 15.3. The maximum absolute atomic E-state index is 12.2. The van der Waals surface area contributed by atoms with Gasteiger partial charge in [-0.05, 0) is 57.2 Å². The van der Waals surface area contributed by atoms with Crippen LogP contribution in [0.15, 0.2) is 48.5 Å². The quantitative estimate of drug-likeness (QED) is 0.757. The average Bonchev–Trinajstić information content (AvgIpc) is 2.52. The Morgan fingerprint density at radius 2 is 1.68 bits per heavy atom. The largest absolute Gasteiger partial charge is 0.376 e. The number of carbonyl (C=O) groups is 2. The van der Waals surface area contributed by atoms with E-state index in [1.54, 1.807) is 48.5 Å². The van der Waals surface area contributed by atoms with E-state index in [1.807, 2.05) is 20.8 Å². The highest BCUT2D eigenvalue weighted by molar-refractivity contribution is 6.30. The van der Waals surface area contributed by atoms with E-state index < -0.39 is 0 Å². The van der Waals surface area contributed by atoms with Crippen LogP contribution in [0.2, 0.25) is 5.02 Å². The van der Waals surface area contributed by atoms with Gasteiger partial charge in [-0.25, -0.2) is 0 Å². The highest BCUT2D eigenvalue weighted by Gasteiger charge is 2.15. The number of benzene rings is 2. The van der Waals surface area contributed by atoms with Crippen LogP contribution in [0.1, 0.15) is 31.1 Å². The molecule has 0 atom stereocenters. The summed E-state index contributed by atoms with van der Waals surface area (Å²) in [6.45, 7) is 5.85. The number of anilines is 2. The smallest absolute Gasteiger partial charge is 0.251 e. The molecule has 2 aromatic rings. The van der Waals surface area contributed by atoms with Gasteiger partial charge in [0.25, 0.3) is 5.91 Å². The lowest BCUT2D eigenvalue weighted by Crippen LogP contribution is -2.40. The first kappa shape index (κ1) is 18.8. The van der Waals surface area contributed by atoms with Crippen molar-refractivity contribution >= 4 is 34.8 Å². The van der Waals surface area contributed by atoms with Crippen molar-refractivity contribution < 1.29 is 9.59 Å². The van der Waals surface area contributed by atoms with Gasteiger partial charge in [0.05, 0.1) is 6.54 Å². The number of halogens is 1. The van der Waals surface area contributed by atoms with Crippen LogP contribution in [0.4, 0.5) is 11.4 Å². The van der Waals surface area contributed by atoms with Gasteiger partial charge in [-0.2, -0.15) is 0 Å². The van der Waals surface area contributed by atoms with Crippen LogP contribution in [0.5, 0.6) is 0 Å². The van der Waals surface area contributed by atoms with E-state index in [0.29, 0.717) is 22.0 Å². The first-order chi connectivity index (χ1) is 11.7. The van der Waals surface area contributed by atoms with Gasteiger partial charge in [0.15, 0.2) is 0 Å². The van der Waals surface area contributed by atoms with Gasteiger partial charge in [-0.15, -0.1) is 0 Å². The minimum absolute atomic E-state index is 0.0802. The number of hydrogen-bond donors (Lipinski definition) is 3. The maximum atomic E-state index is 12.2. The standard InChI is InChI=1S/C19H22ClN3O2/c1-19(2,3)23-18(25)13-6-4-8-15(10-13)21-12-17(24)22-16-9-5-7-14(20)11-16/h4-11,21H,12H2,1-3H3,(H,22,24)(H,23,25). The van der Waals surface area contributed by atoms with Crippen molar-refractivity contribution in [1.29, 1.82) is 0 Å². The predicted molar refractivity (Wildman–Crippen MR) is 102 cm³/mol. The van der Waals surface area contributed by atoms with Gasteiger partial charge in [-0.1, -0.05) is 23.7 Å². The van der Waals surface area contributed by atoms with Gasteiger partial charge in [-0.3, -0.25) is 9.59 Å². The number of nitrogens with one attached hydrogen (secondary N) is 3. The molecule has 5 nitrogen and oxygen atoms in total. The molecule has 25 heavy (non-hydrogen) atoms. The third-order valence-corrected chi connectivity index (χ3v) is 3.41. The van der Waals surface area contributed by atoms with Crippen LogP contribution >= 0.6 is 11.6 Å². The number of hydrogen-bond acceptors (Lipinski definition) is 3. The molecule has 0 heterocycles. The molecule has 0 aromatic heterocycles. The summed E-state index contributed by atoms with van der Waals surface area (Å²) in [5.74, 6) is -0.355. The lowest BCUT2D eigenvalue weighted by atomic mass is 10.1. The number of rotatable bonds is 5. The summed E-state index contributed by atoms with van der Waals surface area (Å²) < 4.78 is 0. The van der Waals surface area contributed by atoms with Gasteiger partial charge in [0.2, 0.25) is 5.91 Å². The van der Waals surface area contributed by atoms with Crippen LogP contribution in [-0.4, -0.2) is 23.9 Å². The van der Waals surface area contributed by atoms with E-state index in [4.69, 9.17) is 11.6 Å². The van der Waals surface area contributed by atoms with E-state index >= 15 is 0 Å². The first-order valence-corrected chi connectivity index (χ1v) is 8.33. The van der Waals surface area contributed by atoms with Crippen molar-refractivity contribution in [2.24, 2.45) is 0 Å². The van der Waals surface area contributed by atoms with E-state index in [9.17, 15) is 9.59 Å². The van der Waals surface area contributed by atoms with E-state index in [-0.39, 0.29) is 23.9 Å². The van der Waals surface area contributed by atoms with E-state index in [2.05, 4.69) is 16.0 Å². The van der Waals surface area contributed by atoms with Crippen molar-refractivity contribution in [2.75, 3.05) is 17.2 Å². The van der Waals surface area contributed by atoms with Crippen LogP contribution in [-0.2, 0) is 4.79 Å². The Morgan fingerprint density at radius 3 is 2.36 bits per heavy atom. The minimum atomic E-state index is -0.308. The number of carbonyl (C=O) groups excluding carboxylic acids is 2. The van der Waals surface area contributed by atoms with Crippen LogP contribution < -0.4 is 16.0 Å². The molecule has 6 heteroatoms. The molecular formula is C19H22ClN3O2. The zero-order valence-electron chi connectivity index (χ0n) is 14.5. The second kappa shape index (κ2) is 8.03. The Labute approximate surface area is 152 Å². The molecule has 0 bridgehead atoms. The summed E-state index contributed by atoms with van der Waals surface area (Å²) in [6, 6.07) is 14.0. The van der Waals surface area contributed by atoms with Gasteiger partial charge in [0.1, 0.15) is 0 Å². The van der Waals surface area contributed by atoms with E-state index in [0.717, 1.165) is 0 Å². The summed E-state index contributed by atoms with van der Waals surface area (Å²) in [7, 11) is 0. The monoisotopic (exact) mass is 359 g/mol. The van der Waals surface area contributed by atoms with Crippen molar-refractivity contribution in [3.63, 3.8) is 0 Å². The molecule has 2 aromatic carbocycles. The summed E-state index contributed by atoms with van der Waals surface area (Å²) in [5, 5.41) is 9.23. The van der Waals surface area contributed by atoms with Crippen LogP contribution in [0, 0.1) is 0 Å². The van der Waals surface area contributed by atoms with Crippen LogP contribution in [0.25, 0.3) is 0 Å². The minimum Gasteiger partial charge on any atom is -0.376 e. The molecule has 132 valence electrons. The average molecular weight is 360 g/mol. The molecule has 2 amide bonds. The van der Waals surface area contributed by atoms with Crippen molar-refractivity contribution in [1.82, 2.24) is 5.32 Å². The Hall–Kier alpha value is -2.53. The molecule has 0 fully saturated rings. The molecular weight excluding hydrogens is 338 g/mol.